The van der Waals surface area contributed by atoms with Crippen molar-refractivity contribution in [3.63, 3.8) is 0 Å². The number of fused-ring (bicyclic) bond motifs is 10. The van der Waals surface area contributed by atoms with Crippen molar-refractivity contribution in [2.45, 2.75) is 0 Å². The highest BCUT2D eigenvalue weighted by Crippen LogP contribution is 2.41. The molecular weight excluding hydrogens is 755 g/mol. The van der Waals surface area contributed by atoms with Crippen molar-refractivity contribution in [3.8, 4) is 45.5 Å². The van der Waals surface area contributed by atoms with Crippen LogP contribution in [0.15, 0.2) is 212 Å². The third-order valence-corrected chi connectivity index (χ3v) is 12.5. The van der Waals surface area contributed by atoms with E-state index in [1.54, 1.807) is 0 Å². The van der Waals surface area contributed by atoms with Gasteiger partial charge in [-0.3, -0.25) is 0 Å². The molecule has 0 N–H and O–H groups in total. The van der Waals surface area contributed by atoms with E-state index in [1.165, 1.54) is 37.8 Å². The smallest absolute Gasteiger partial charge is 0.164 e. The first-order valence-electron chi connectivity index (χ1n) is 21.0. The lowest BCUT2D eigenvalue weighted by atomic mass is 9.97. The van der Waals surface area contributed by atoms with E-state index >= 15 is 0 Å². The standard InChI is InChI=1S/C57H35N5/c1-2-16-37(17-3-1)55-58-56(60-57(59-55)49-34-39-19-6-7-20-42(39)43-21-8-9-22-44(43)49)40-30-32-52-48(35-40)46-24-11-13-27-51(46)62(52)53-28-14-25-47-45-23-10-12-26-50(45)61(54(47)53)41-31-29-36-15-4-5-18-38(36)33-41/h1-35H. The summed E-state index contributed by atoms with van der Waals surface area (Å²) in [6.45, 7) is 0. The number of nitrogens with zero attached hydrogens (tertiary/aromatic N) is 5. The lowest BCUT2D eigenvalue weighted by Gasteiger charge is -2.15. The maximum Gasteiger partial charge on any atom is 0.164 e. The quantitative estimate of drug-likeness (QED) is 0.163. The maximum atomic E-state index is 5.31. The molecule has 0 spiro atoms. The van der Waals surface area contributed by atoms with Gasteiger partial charge in [0.1, 0.15) is 0 Å². The maximum absolute atomic E-state index is 5.31. The van der Waals surface area contributed by atoms with E-state index in [9.17, 15) is 0 Å². The Labute approximate surface area is 356 Å². The zero-order valence-electron chi connectivity index (χ0n) is 33.4. The largest absolute Gasteiger partial charge is 0.307 e. The SMILES string of the molecule is c1ccc(-c2nc(-c3ccc4c(c3)c3ccccc3n4-c3cccc4c5ccccc5n(-c5ccc6ccccc6c5)c34)nc(-c3cc4ccccc4c4ccccc34)n2)cc1. The molecule has 0 amide bonds. The van der Waals surface area contributed by atoms with Crippen molar-refractivity contribution in [1.29, 1.82) is 0 Å². The van der Waals surface area contributed by atoms with Gasteiger partial charge in [-0.05, 0) is 86.9 Å². The van der Waals surface area contributed by atoms with E-state index in [4.69, 9.17) is 15.0 Å². The molecule has 288 valence electrons. The van der Waals surface area contributed by atoms with Crippen LogP contribution in [0.5, 0.6) is 0 Å². The lowest BCUT2D eigenvalue weighted by molar-refractivity contribution is 1.08. The summed E-state index contributed by atoms with van der Waals surface area (Å²) in [4.78, 5) is 15.7. The van der Waals surface area contributed by atoms with E-state index in [1.807, 2.05) is 18.2 Å². The van der Waals surface area contributed by atoms with Crippen molar-refractivity contribution in [1.82, 2.24) is 24.1 Å². The number of hydrogen-bond donors (Lipinski definition) is 0. The molecular formula is C57H35N5. The van der Waals surface area contributed by atoms with Gasteiger partial charge in [-0.1, -0.05) is 158 Å². The van der Waals surface area contributed by atoms with Crippen molar-refractivity contribution < 1.29 is 0 Å². The Balaban J connectivity index is 1.05. The molecule has 10 aromatic carbocycles. The van der Waals surface area contributed by atoms with Crippen molar-refractivity contribution >= 4 is 75.9 Å². The summed E-state index contributed by atoms with van der Waals surface area (Å²) in [7, 11) is 0. The van der Waals surface area contributed by atoms with Gasteiger partial charge in [-0.15, -0.1) is 0 Å². The minimum atomic E-state index is 0.628. The number of hydrogen-bond acceptors (Lipinski definition) is 3. The summed E-state index contributed by atoms with van der Waals surface area (Å²) in [5.41, 5.74) is 9.66. The topological polar surface area (TPSA) is 48.5 Å². The second-order valence-electron chi connectivity index (χ2n) is 16.0. The summed E-state index contributed by atoms with van der Waals surface area (Å²) in [6, 6.07) is 75.8. The van der Waals surface area contributed by atoms with Crippen LogP contribution in [-0.4, -0.2) is 24.1 Å². The monoisotopic (exact) mass is 789 g/mol. The van der Waals surface area contributed by atoms with Gasteiger partial charge < -0.3 is 9.13 Å². The predicted octanol–water partition coefficient (Wildman–Crippen LogP) is 14.5. The molecule has 0 aliphatic heterocycles. The van der Waals surface area contributed by atoms with E-state index in [-0.39, 0.29) is 0 Å². The molecule has 0 unspecified atom stereocenters. The highest BCUT2D eigenvalue weighted by atomic mass is 15.1. The molecule has 62 heavy (non-hydrogen) atoms. The van der Waals surface area contributed by atoms with Crippen LogP contribution < -0.4 is 0 Å². The van der Waals surface area contributed by atoms with Gasteiger partial charge >= 0.3 is 0 Å². The highest BCUT2D eigenvalue weighted by molar-refractivity contribution is 6.16. The summed E-state index contributed by atoms with van der Waals surface area (Å²) >= 11 is 0. The molecule has 0 saturated carbocycles. The van der Waals surface area contributed by atoms with Crippen molar-refractivity contribution in [3.05, 3.63) is 212 Å². The van der Waals surface area contributed by atoms with E-state index < -0.39 is 0 Å². The lowest BCUT2D eigenvalue weighted by Crippen LogP contribution is -2.01. The Morgan fingerprint density at radius 3 is 1.68 bits per heavy atom. The van der Waals surface area contributed by atoms with Crippen LogP contribution in [-0.2, 0) is 0 Å². The van der Waals surface area contributed by atoms with E-state index in [2.05, 4.69) is 203 Å². The summed E-state index contributed by atoms with van der Waals surface area (Å²) in [6.07, 6.45) is 0. The Kier molecular flexibility index (Phi) is 7.54. The molecule has 0 bridgehead atoms. The highest BCUT2D eigenvalue weighted by Gasteiger charge is 2.22. The fraction of sp³-hybridized carbons (Fsp3) is 0. The second kappa shape index (κ2) is 13.6. The fourth-order valence-electron chi connectivity index (χ4n) is 9.72. The molecule has 5 nitrogen and oxygen atoms in total. The normalized spacial score (nSPS) is 11.9. The molecule has 3 heterocycles. The molecule has 5 heteroatoms. The van der Waals surface area contributed by atoms with Gasteiger partial charge in [0.15, 0.2) is 17.5 Å². The van der Waals surface area contributed by atoms with Crippen LogP contribution in [0, 0.1) is 0 Å². The van der Waals surface area contributed by atoms with Gasteiger partial charge in [-0.2, -0.15) is 0 Å². The van der Waals surface area contributed by atoms with Crippen LogP contribution in [0.4, 0.5) is 0 Å². The molecule has 0 aliphatic rings. The molecule has 13 aromatic rings. The van der Waals surface area contributed by atoms with Crippen LogP contribution in [0.3, 0.4) is 0 Å². The first-order chi connectivity index (χ1) is 30.7. The van der Waals surface area contributed by atoms with Crippen LogP contribution >= 0.6 is 0 Å². The average molecular weight is 790 g/mol. The van der Waals surface area contributed by atoms with E-state index in [0.717, 1.165) is 66.2 Å². The molecule has 0 atom stereocenters. The molecule has 0 radical (unpaired) electrons. The van der Waals surface area contributed by atoms with Gasteiger partial charge in [0, 0.05) is 43.9 Å². The third kappa shape index (κ3) is 5.25. The molecule has 0 saturated heterocycles. The zero-order chi connectivity index (χ0) is 40.7. The average Bonchev–Trinajstić information content (AvgIpc) is 3.86. The number of para-hydroxylation sites is 3. The molecule has 3 aromatic heterocycles. The Hall–Kier alpha value is -8.41. The second-order valence-corrected chi connectivity index (χ2v) is 16.0. The number of rotatable bonds is 5. The van der Waals surface area contributed by atoms with Crippen molar-refractivity contribution in [2.75, 3.05) is 0 Å². The van der Waals surface area contributed by atoms with Crippen LogP contribution in [0.25, 0.3) is 121 Å². The van der Waals surface area contributed by atoms with Gasteiger partial charge in [0.05, 0.1) is 27.8 Å². The molecule has 0 aliphatic carbocycles. The Bertz CT molecular complexity index is 3930. The minimum Gasteiger partial charge on any atom is -0.307 e. The predicted molar refractivity (Wildman–Crippen MR) is 257 cm³/mol. The Morgan fingerprint density at radius 2 is 0.871 bits per heavy atom. The fourth-order valence-corrected chi connectivity index (χ4v) is 9.72. The van der Waals surface area contributed by atoms with E-state index in [0.29, 0.717) is 17.5 Å². The molecule has 13 rings (SSSR count). The molecule has 0 fully saturated rings. The first kappa shape index (κ1) is 34.5. The summed E-state index contributed by atoms with van der Waals surface area (Å²) in [5, 5.41) is 11.8. The minimum absolute atomic E-state index is 0.628. The van der Waals surface area contributed by atoms with Crippen LogP contribution in [0.2, 0.25) is 0 Å². The first-order valence-corrected chi connectivity index (χ1v) is 21.0. The third-order valence-electron chi connectivity index (χ3n) is 12.5. The Morgan fingerprint density at radius 1 is 0.290 bits per heavy atom. The van der Waals surface area contributed by atoms with Crippen LogP contribution in [0.1, 0.15) is 0 Å². The number of benzene rings is 10. The summed E-state index contributed by atoms with van der Waals surface area (Å²) in [5.74, 6) is 1.91. The number of aromatic nitrogens is 5. The van der Waals surface area contributed by atoms with Gasteiger partial charge in [0.2, 0.25) is 0 Å². The summed E-state index contributed by atoms with van der Waals surface area (Å²) < 4.78 is 4.87. The van der Waals surface area contributed by atoms with Gasteiger partial charge in [-0.25, -0.2) is 15.0 Å². The van der Waals surface area contributed by atoms with Gasteiger partial charge in [0.25, 0.3) is 0 Å². The van der Waals surface area contributed by atoms with Crippen molar-refractivity contribution in [2.24, 2.45) is 0 Å². The zero-order valence-corrected chi connectivity index (χ0v) is 33.4.